The summed E-state index contributed by atoms with van der Waals surface area (Å²) in [6.45, 7) is 1.71. The SMILES string of the molecule is NN(c1nc(N2CCC(c3ccc4ccccc4c3)CC2)nc2c1S(=O)CC2)C1(CO)CC1. The minimum atomic E-state index is -1.14. The number of fused-ring (bicyclic) bond motifs is 2. The average molecular weight is 464 g/mol. The summed E-state index contributed by atoms with van der Waals surface area (Å²) in [4.78, 5) is 12.5. The molecule has 3 heterocycles. The lowest BCUT2D eigenvalue weighted by molar-refractivity contribution is 0.248. The Labute approximate surface area is 196 Å². The standard InChI is InChI=1S/C25H29N5O2S/c26-30(25(16-31)10-11-25)23-22-21(9-14-33(22)32)27-24(28-23)29-12-7-18(8-13-29)20-6-5-17-3-1-2-4-19(17)15-20/h1-6,15,18,31H,7-14,16,26H2. The highest BCUT2D eigenvalue weighted by molar-refractivity contribution is 7.85. The van der Waals surface area contributed by atoms with Crippen molar-refractivity contribution in [2.45, 2.75) is 48.5 Å². The number of hydrazine groups is 1. The minimum absolute atomic E-state index is 0.0264. The van der Waals surface area contributed by atoms with Crippen molar-refractivity contribution in [3.8, 4) is 0 Å². The smallest absolute Gasteiger partial charge is 0.227 e. The van der Waals surface area contributed by atoms with Crippen LogP contribution in [0.1, 0.15) is 42.9 Å². The van der Waals surface area contributed by atoms with E-state index in [1.807, 2.05) is 0 Å². The number of rotatable bonds is 5. The van der Waals surface area contributed by atoms with Gasteiger partial charge < -0.3 is 10.0 Å². The Hall–Kier alpha value is -2.55. The Morgan fingerprint density at radius 2 is 1.88 bits per heavy atom. The molecule has 7 nitrogen and oxygen atoms in total. The molecule has 0 amide bonds. The molecule has 1 saturated heterocycles. The topological polar surface area (TPSA) is 95.6 Å². The molecule has 2 fully saturated rings. The van der Waals surface area contributed by atoms with Crippen LogP contribution in [0.4, 0.5) is 11.8 Å². The Balaban J connectivity index is 1.25. The van der Waals surface area contributed by atoms with Crippen molar-refractivity contribution in [2.75, 3.05) is 35.4 Å². The average Bonchev–Trinajstić information content (AvgIpc) is 3.59. The molecule has 2 aromatic carbocycles. The zero-order chi connectivity index (χ0) is 22.6. The van der Waals surface area contributed by atoms with Gasteiger partial charge in [-0.05, 0) is 47.9 Å². The number of nitrogens with zero attached hydrogens (tertiary/aromatic N) is 4. The van der Waals surface area contributed by atoms with Crippen LogP contribution in [0.15, 0.2) is 47.4 Å². The quantitative estimate of drug-likeness (QED) is 0.444. The van der Waals surface area contributed by atoms with Gasteiger partial charge in [0.1, 0.15) is 4.90 Å². The molecule has 1 saturated carbocycles. The van der Waals surface area contributed by atoms with Gasteiger partial charge in [0.25, 0.3) is 0 Å². The van der Waals surface area contributed by atoms with Crippen molar-refractivity contribution in [3.63, 3.8) is 0 Å². The van der Waals surface area contributed by atoms with Crippen LogP contribution >= 0.6 is 0 Å². The monoisotopic (exact) mass is 463 g/mol. The highest BCUT2D eigenvalue weighted by Gasteiger charge is 2.49. The highest BCUT2D eigenvalue weighted by Crippen LogP contribution is 2.44. The molecule has 0 bridgehead atoms. The highest BCUT2D eigenvalue weighted by atomic mass is 32.2. The predicted molar refractivity (Wildman–Crippen MR) is 131 cm³/mol. The third kappa shape index (κ3) is 3.61. The summed E-state index contributed by atoms with van der Waals surface area (Å²) in [5.41, 5.74) is 1.76. The Morgan fingerprint density at radius 1 is 1.12 bits per heavy atom. The van der Waals surface area contributed by atoms with Crippen LogP contribution in [0.25, 0.3) is 10.8 Å². The molecule has 3 N–H and O–H groups in total. The summed E-state index contributed by atoms with van der Waals surface area (Å²) < 4.78 is 12.7. The third-order valence-electron chi connectivity index (χ3n) is 7.54. The molecule has 3 aliphatic rings. The molecule has 6 rings (SSSR count). The van der Waals surface area contributed by atoms with Crippen LogP contribution in [0.3, 0.4) is 0 Å². The molecule has 8 heteroatoms. The number of nitrogens with two attached hydrogens (primary N) is 1. The first-order chi connectivity index (χ1) is 16.1. The zero-order valence-electron chi connectivity index (χ0n) is 18.6. The zero-order valence-corrected chi connectivity index (χ0v) is 19.4. The predicted octanol–water partition coefficient (Wildman–Crippen LogP) is 2.88. The van der Waals surface area contributed by atoms with Crippen LogP contribution in [-0.4, -0.2) is 50.3 Å². The number of anilines is 2. The molecule has 1 atom stereocenters. The van der Waals surface area contributed by atoms with Gasteiger partial charge >= 0.3 is 0 Å². The number of piperidine rings is 1. The number of hydrogen-bond acceptors (Lipinski definition) is 7. The summed E-state index contributed by atoms with van der Waals surface area (Å²) >= 11 is 0. The third-order valence-corrected chi connectivity index (χ3v) is 8.99. The maximum atomic E-state index is 12.7. The van der Waals surface area contributed by atoms with Crippen LogP contribution in [-0.2, 0) is 17.2 Å². The van der Waals surface area contributed by atoms with E-state index < -0.39 is 16.3 Å². The maximum absolute atomic E-state index is 12.7. The molecule has 172 valence electrons. The van der Waals surface area contributed by atoms with Gasteiger partial charge in [-0.15, -0.1) is 0 Å². The second-order valence-electron chi connectivity index (χ2n) is 9.54. The van der Waals surface area contributed by atoms with Crippen molar-refractivity contribution in [3.05, 3.63) is 53.7 Å². The van der Waals surface area contributed by atoms with Crippen molar-refractivity contribution in [1.82, 2.24) is 9.97 Å². The first-order valence-electron chi connectivity index (χ1n) is 11.8. The lowest BCUT2D eigenvalue weighted by Gasteiger charge is -2.34. The Kier molecular flexibility index (Phi) is 5.12. The lowest BCUT2D eigenvalue weighted by atomic mass is 9.88. The molecular weight excluding hydrogens is 434 g/mol. The fraction of sp³-hybridized carbons (Fsp3) is 0.440. The first-order valence-corrected chi connectivity index (χ1v) is 13.1. The van der Waals surface area contributed by atoms with Gasteiger partial charge in [-0.1, -0.05) is 42.5 Å². The number of hydrogen-bond donors (Lipinski definition) is 2. The van der Waals surface area contributed by atoms with E-state index in [9.17, 15) is 9.32 Å². The Bertz CT molecular complexity index is 1240. The van der Waals surface area contributed by atoms with Crippen molar-refractivity contribution >= 4 is 33.3 Å². The van der Waals surface area contributed by atoms with Crippen LogP contribution in [0.2, 0.25) is 0 Å². The number of aliphatic hydroxyl groups is 1. The maximum Gasteiger partial charge on any atom is 0.227 e. The Morgan fingerprint density at radius 3 is 2.61 bits per heavy atom. The van der Waals surface area contributed by atoms with Crippen molar-refractivity contribution in [1.29, 1.82) is 0 Å². The molecule has 1 aliphatic carbocycles. The molecular formula is C25H29N5O2S. The van der Waals surface area contributed by atoms with Crippen LogP contribution < -0.4 is 15.8 Å². The summed E-state index contributed by atoms with van der Waals surface area (Å²) in [7, 11) is -1.14. The summed E-state index contributed by atoms with van der Waals surface area (Å²) in [5.74, 6) is 8.74. The van der Waals surface area contributed by atoms with Crippen LogP contribution in [0, 0.1) is 0 Å². The summed E-state index contributed by atoms with van der Waals surface area (Å²) in [6.07, 6.45) is 4.38. The van der Waals surface area contributed by atoms with E-state index in [0.717, 1.165) is 44.5 Å². The first kappa shape index (κ1) is 21.0. The van der Waals surface area contributed by atoms with E-state index in [4.69, 9.17) is 15.8 Å². The van der Waals surface area contributed by atoms with E-state index in [1.54, 1.807) is 5.01 Å². The summed E-state index contributed by atoms with van der Waals surface area (Å²) in [6, 6.07) is 15.3. The number of benzene rings is 2. The minimum Gasteiger partial charge on any atom is -0.394 e. The van der Waals surface area contributed by atoms with Crippen LogP contribution in [0.5, 0.6) is 0 Å². The van der Waals surface area contributed by atoms with Gasteiger partial charge in [-0.2, -0.15) is 4.98 Å². The van der Waals surface area contributed by atoms with E-state index in [2.05, 4.69) is 47.4 Å². The lowest BCUT2D eigenvalue weighted by Crippen LogP contribution is -2.47. The molecule has 1 unspecified atom stereocenters. The van der Waals surface area contributed by atoms with Crippen molar-refractivity contribution < 1.29 is 9.32 Å². The van der Waals surface area contributed by atoms with Gasteiger partial charge in [0, 0.05) is 25.3 Å². The van der Waals surface area contributed by atoms with Gasteiger partial charge in [-0.25, -0.2) is 10.8 Å². The van der Waals surface area contributed by atoms with Gasteiger partial charge in [-0.3, -0.25) is 9.22 Å². The van der Waals surface area contributed by atoms with Gasteiger partial charge in [0.2, 0.25) is 5.95 Å². The van der Waals surface area contributed by atoms with Crippen molar-refractivity contribution in [2.24, 2.45) is 5.84 Å². The fourth-order valence-electron chi connectivity index (χ4n) is 5.19. The normalized spacial score (nSPS) is 21.9. The molecule has 1 aromatic heterocycles. The molecule has 3 aromatic rings. The molecule has 2 aliphatic heterocycles. The fourth-order valence-corrected chi connectivity index (χ4v) is 6.53. The number of aliphatic hydroxyl groups excluding tert-OH is 1. The van der Waals surface area contributed by atoms with Gasteiger partial charge in [0.15, 0.2) is 5.82 Å². The van der Waals surface area contributed by atoms with Gasteiger partial charge in [0.05, 0.1) is 28.6 Å². The largest absolute Gasteiger partial charge is 0.394 e. The second-order valence-corrected chi connectivity index (χ2v) is 11.1. The molecule has 0 spiro atoms. The van der Waals surface area contributed by atoms with E-state index in [1.165, 1.54) is 16.3 Å². The number of aromatic nitrogens is 2. The summed E-state index contributed by atoms with van der Waals surface area (Å²) in [5, 5.41) is 14.0. The van der Waals surface area contributed by atoms with E-state index in [-0.39, 0.29) is 6.61 Å². The van der Waals surface area contributed by atoms with E-state index in [0.29, 0.717) is 34.8 Å². The number of aryl methyl sites for hydroxylation is 1. The van der Waals surface area contributed by atoms with E-state index >= 15 is 0 Å². The molecule has 33 heavy (non-hydrogen) atoms. The second kappa shape index (κ2) is 8.04. The molecule has 0 radical (unpaired) electrons.